The van der Waals surface area contributed by atoms with E-state index in [-0.39, 0.29) is 10.6 Å². The Hall–Kier alpha value is -1.21. The van der Waals surface area contributed by atoms with E-state index in [4.69, 9.17) is 5.11 Å². The maximum Gasteiger partial charge on any atom is 0.310 e. The number of aliphatic carboxylic acids is 1. The summed E-state index contributed by atoms with van der Waals surface area (Å²) < 4.78 is 34.6. The molecule has 0 amide bonds. The van der Waals surface area contributed by atoms with Gasteiger partial charge in [-0.05, 0) is 38.1 Å². The van der Waals surface area contributed by atoms with Gasteiger partial charge in [-0.2, -0.15) is 0 Å². The molecule has 1 aromatic rings. The molecule has 0 aliphatic heterocycles. The first-order valence-electron chi connectivity index (χ1n) is 5.46. The lowest BCUT2D eigenvalue weighted by Crippen LogP contribution is -2.30. The Morgan fingerprint density at radius 3 is 2.11 bits per heavy atom. The Kier molecular flexibility index (Phi) is 4.52. The summed E-state index contributed by atoms with van der Waals surface area (Å²) in [5.41, 5.74) is -1.10. The van der Waals surface area contributed by atoms with E-state index in [0.29, 0.717) is 4.90 Å². The van der Waals surface area contributed by atoms with E-state index in [1.807, 2.05) is 0 Å². The van der Waals surface area contributed by atoms with Gasteiger partial charge >= 0.3 is 5.97 Å². The third-order valence-corrected chi connectivity index (χ3v) is 5.50. The lowest BCUT2D eigenvalue weighted by atomic mass is 9.97. The molecule has 0 radical (unpaired) electrons. The first-order valence-corrected chi connectivity index (χ1v) is 8.67. The van der Waals surface area contributed by atoms with Gasteiger partial charge < -0.3 is 5.11 Å². The fourth-order valence-electron chi connectivity index (χ4n) is 1.31. The molecule has 1 unspecified atom stereocenters. The van der Waals surface area contributed by atoms with E-state index in [9.17, 15) is 17.4 Å². The van der Waals surface area contributed by atoms with E-state index in [1.165, 1.54) is 38.1 Å². The van der Waals surface area contributed by atoms with Gasteiger partial charge in [-0.15, -0.1) is 0 Å². The molecule has 0 fully saturated rings. The number of hydrogen-bond donors (Lipinski definition) is 1. The Morgan fingerprint density at radius 1 is 1.26 bits per heavy atom. The first kappa shape index (κ1) is 15.8. The van der Waals surface area contributed by atoms with E-state index < -0.39 is 32.0 Å². The zero-order valence-electron chi connectivity index (χ0n) is 10.9. The molecule has 7 heteroatoms. The minimum atomic E-state index is -3.29. The van der Waals surface area contributed by atoms with Crippen molar-refractivity contribution in [1.29, 1.82) is 0 Å². The van der Waals surface area contributed by atoms with Crippen molar-refractivity contribution in [2.75, 3.05) is 12.0 Å². The highest BCUT2D eigenvalue weighted by Crippen LogP contribution is 2.21. The lowest BCUT2D eigenvalue weighted by molar-refractivity contribution is -0.145. The zero-order chi connectivity index (χ0) is 14.8. The van der Waals surface area contributed by atoms with E-state index in [1.54, 1.807) is 0 Å². The van der Waals surface area contributed by atoms with Gasteiger partial charge in [0.1, 0.15) is 0 Å². The molecule has 106 valence electrons. The molecule has 0 heterocycles. The maximum atomic E-state index is 12.0. The molecule has 0 aromatic heterocycles. The van der Waals surface area contributed by atoms with Crippen LogP contribution in [0.15, 0.2) is 34.1 Å². The lowest BCUT2D eigenvalue weighted by Gasteiger charge is -2.18. The average Bonchev–Trinajstić information content (AvgIpc) is 2.27. The van der Waals surface area contributed by atoms with Gasteiger partial charge in [-0.1, -0.05) is 0 Å². The van der Waals surface area contributed by atoms with Gasteiger partial charge in [0.2, 0.25) is 0 Å². The van der Waals surface area contributed by atoms with Crippen molar-refractivity contribution in [2.24, 2.45) is 5.41 Å². The Bertz CT molecular complexity index is 600. The molecule has 0 aliphatic rings. The fourth-order valence-corrected chi connectivity index (χ4v) is 3.33. The average molecular weight is 304 g/mol. The quantitative estimate of drug-likeness (QED) is 0.886. The van der Waals surface area contributed by atoms with Crippen LogP contribution < -0.4 is 0 Å². The molecule has 0 bridgehead atoms. The third-order valence-electron chi connectivity index (χ3n) is 2.59. The van der Waals surface area contributed by atoms with Crippen LogP contribution in [0.1, 0.15) is 13.8 Å². The Balaban J connectivity index is 2.94. The SMILES string of the molecule is CC(C)(CS(=O)c1ccc(S(C)(=O)=O)cc1)C(=O)O. The second-order valence-electron chi connectivity index (χ2n) is 4.92. The maximum absolute atomic E-state index is 12.0. The number of rotatable bonds is 5. The molecule has 1 atom stereocenters. The molecule has 1 aromatic carbocycles. The van der Waals surface area contributed by atoms with Gasteiger partial charge in [0.05, 0.1) is 21.1 Å². The van der Waals surface area contributed by atoms with Crippen LogP contribution in [-0.4, -0.2) is 35.7 Å². The van der Waals surface area contributed by atoms with Crippen LogP contribution in [0.5, 0.6) is 0 Å². The largest absolute Gasteiger partial charge is 0.481 e. The van der Waals surface area contributed by atoms with Crippen LogP contribution in [0.2, 0.25) is 0 Å². The van der Waals surface area contributed by atoms with Gasteiger partial charge in [0.25, 0.3) is 0 Å². The summed E-state index contributed by atoms with van der Waals surface area (Å²) in [7, 11) is -4.77. The summed E-state index contributed by atoms with van der Waals surface area (Å²) in [6.07, 6.45) is 1.09. The van der Waals surface area contributed by atoms with Gasteiger partial charge in [-0.25, -0.2) is 8.42 Å². The van der Waals surface area contributed by atoms with Crippen LogP contribution in [-0.2, 0) is 25.4 Å². The Morgan fingerprint density at radius 2 is 1.74 bits per heavy atom. The predicted octanol–water partition coefficient (Wildman–Crippen LogP) is 1.31. The molecule has 5 nitrogen and oxygen atoms in total. The fraction of sp³-hybridized carbons (Fsp3) is 0.417. The molecular formula is C12H16O5S2. The highest BCUT2D eigenvalue weighted by atomic mass is 32.2. The van der Waals surface area contributed by atoms with Gasteiger partial charge in [-0.3, -0.25) is 9.00 Å². The third kappa shape index (κ3) is 4.14. The predicted molar refractivity (Wildman–Crippen MR) is 72.2 cm³/mol. The van der Waals surface area contributed by atoms with Crippen molar-refractivity contribution in [2.45, 2.75) is 23.6 Å². The van der Waals surface area contributed by atoms with Crippen molar-refractivity contribution in [3.05, 3.63) is 24.3 Å². The van der Waals surface area contributed by atoms with Crippen LogP contribution >= 0.6 is 0 Å². The Labute approximate surface area is 115 Å². The number of carboxylic acid groups (broad SMARTS) is 1. The summed E-state index contributed by atoms with van der Waals surface area (Å²) >= 11 is 0. The molecule has 1 rings (SSSR count). The number of carbonyl (C=O) groups is 1. The standard InChI is InChI=1S/C12H16O5S2/c1-12(2,11(13)14)8-18(15)9-4-6-10(7-5-9)19(3,16)17/h4-7H,8H2,1-3H3,(H,13,14). The number of carboxylic acids is 1. The summed E-state index contributed by atoms with van der Waals surface area (Å²) in [4.78, 5) is 11.5. The minimum absolute atomic E-state index is 0.0272. The van der Waals surface area contributed by atoms with Crippen LogP contribution in [0.3, 0.4) is 0 Å². The van der Waals surface area contributed by atoms with Gasteiger partial charge in [0, 0.05) is 16.9 Å². The van der Waals surface area contributed by atoms with Crippen molar-refractivity contribution in [3.63, 3.8) is 0 Å². The summed E-state index contributed by atoms with van der Waals surface area (Å²) in [6, 6.07) is 5.64. The number of benzene rings is 1. The molecule has 0 saturated heterocycles. The second-order valence-corrected chi connectivity index (χ2v) is 8.39. The van der Waals surface area contributed by atoms with Crippen molar-refractivity contribution in [1.82, 2.24) is 0 Å². The highest BCUT2D eigenvalue weighted by molar-refractivity contribution is 7.90. The molecule has 0 spiro atoms. The molecule has 1 N–H and O–H groups in total. The smallest absolute Gasteiger partial charge is 0.310 e. The van der Waals surface area contributed by atoms with E-state index >= 15 is 0 Å². The van der Waals surface area contributed by atoms with Crippen molar-refractivity contribution < 1.29 is 22.5 Å². The summed E-state index contributed by atoms with van der Waals surface area (Å²) in [6.45, 7) is 3.00. The summed E-state index contributed by atoms with van der Waals surface area (Å²) in [5, 5.41) is 8.97. The number of hydrogen-bond acceptors (Lipinski definition) is 4. The molecule has 0 aliphatic carbocycles. The summed E-state index contributed by atoms with van der Waals surface area (Å²) in [5.74, 6) is -1.05. The molecular weight excluding hydrogens is 288 g/mol. The second kappa shape index (κ2) is 5.42. The highest BCUT2D eigenvalue weighted by Gasteiger charge is 2.30. The van der Waals surface area contributed by atoms with Crippen molar-refractivity contribution >= 4 is 26.6 Å². The number of sulfone groups is 1. The van der Waals surface area contributed by atoms with Crippen molar-refractivity contribution in [3.8, 4) is 0 Å². The molecule has 19 heavy (non-hydrogen) atoms. The first-order chi connectivity index (χ1) is 8.54. The minimum Gasteiger partial charge on any atom is -0.481 e. The normalized spacial score (nSPS) is 14.1. The van der Waals surface area contributed by atoms with Gasteiger partial charge in [0.15, 0.2) is 9.84 Å². The van der Waals surface area contributed by atoms with E-state index in [2.05, 4.69) is 0 Å². The van der Waals surface area contributed by atoms with Crippen LogP contribution in [0, 0.1) is 5.41 Å². The van der Waals surface area contributed by atoms with Crippen LogP contribution in [0.25, 0.3) is 0 Å². The monoisotopic (exact) mass is 304 g/mol. The zero-order valence-corrected chi connectivity index (χ0v) is 12.5. The van der Waals surface area contributed by atoms with E-state index in [0.717, 1.165) is 6.26 Å². The topological polar surface area (TPSA) is 88.5 Å². The van der Waals surface area contributed by atoms with Crippen LogP contribution in [0.4, 0.5) is 0 Å². The molecule has 0 saturated carbocycles.